The van der Waals surface area contributed by atoms with Gasteiger partial charge in [-0.2, -0.15) is 5.26 Å². The maximum atomic E-state index is 12.7. The second-order valence-electron chi connectivity index (χ2n) is 6.61. The minimum atomic E-state index is -0.633. The summed E-state index contributed by atoms with van der Waals surface area (Å²) in [6.45, 7) is 0. The average Bonchev–Trinajstić information content (AvgIpc) is 3.16. The Morgan fingerprint density at radius 2 is 2.00 bits per heavy atom. The van der Waals surface area contributed by atoms with Crippen LogP contribution in [0.2, 0.25) is 0 Å². The molecule has 4 rings (SSSR count). The zero-order valence-corrected chi connectivity index (χ0v) is 14.8. The van der Waals surface area contributed by atoms with Gasteiger partial charge in [-0.15, -0.1) is 0 Å². The van der Waals surface area contributed by atoms with E-state index < -0.39 is 10.8 Å². The minimum absolute atomic E-state index is 0.0115. The second kappa shape index (κ2) is 6.70. The maximum absolute atomic E-state index is 12.7. The molecule has 1 atom stereocenters. The van der Waals surface area contributed by atoms with E-state index in [0.29, 0.717) is 42.0 Å². The van der Waals surface area contributed by atoms with Gasteiger partial charge in [0.05, 0.1) is 10.8 Å². The largest absolute Gasteiger partial charge is 0.444 e. The number of nitriles is 1. The molecule has 0 fully saturated rings. The van der Waals surface area contributed by atoms with E-state index in [1.807, 2.05) is 6.07 Å². The van der Waals surface area contributed by atoms with Crippen molar-refractivity contribution in [3.8, 4) is 11.8 Å². The number of hydrogen-bond acceptors (Lipinski definition) is 6. The summed E-state index contributed by atoms with van der Waals surface area (Å²) < 4.78 is 7.39. The van der Waals surface area contributed by atoms with Gasteiger partial charge in [-0.05, 0) is 30.7 Å². The van der Waals surface area contributed by atoms with Gasteiger partial charge in [0, 0.05) is 48.1 Å². The van der Waals surface area contributed by atoms with Gasteiger partial charge >= 0.3 is 0 Å². The Hall–Kier alpha value is -3.86. The van der Waals surface area contributed by atoms with Crippen LogP contribution in [0.4, 0.5) is 5.69 Å². The maximum Gasteiger partial charge on any atom is 0.269 e. The fourth-order valence-corrected chi connectivity index (χ4v) is 3.75. The molecule has 2 heterocycles. The van der Waals surface area contributed by atoms with E-state index in [4.69, 9.17) is 10.5 Å². The van der Waals surface area contributed by atoms with E-state index in [-0.39, 0.29) is 22.9 Å². The van der Waals surface area contributed by atoms with Gasteiger partial charge in [0.25, 0.3) is 5.69 Å². The van der Waals surface area contributed by atoms with Gasteiger partial charge < -0.3 is 15.0 Å². The van der Waals surface area contributed by atoms with Crippen LogP contribution in [0.3, 0.4) is 0 Å². The third-order valence-electron chi connectivity index (χ3n) is 5.02. The average molecular weight is 376 g/mol. The number of rotatable bonds is 3. The lowest BCUT2D eigenvalue weighted by molar-refractivity contribution is -0.384. The SMILES string of the molecule is N#CC1=C(N)OC2=C(C(=O)CCC2)[C@@H]1c1cccn1-c1ccc([N+](=O)[O-])cc1. The fourth-order valence-electron chi connectivity index (χ4n) is 3.75. The summed E-state index contributed by atoms with van der Waals surface area (Å²) in [6, 6.07) is 11.8. The first kappa shape index (κ1) is 17.5. The number of allylic oxidation sites excluding steroid dienone is 3. The zero-order valence-electron chi connectivity index (χ0n) is 14.8. The number of nitrogens with two attached hydrogens (primary N) is 1. The fraction of sp³-hybridized carbons (Fsp3) is 0.200. The molecule has 1 aromatic carbocycles. The molecule has 0 saturated heterocycles. The number of aromatic nitrogens is 1. The molecule has 0 bridgehead atoms. The number of carbonyl (C=O) groups excluding carboxylic acids is 1. The van der Waals surface area contributed by atoms with Gasteiger partial charge in [-0.25, -0.2) is 0 Å². The lowest BCUT2D eigenvalue weighted by Crippen LogP contribution is -2.28. The smallest absolute Gasteiger partial charge is 0.269 e. The van der Waals surface area contributed by atoms with E-state index in [1.165, 1.54) is 12.1 Å². The number of nitro benzene ring substituents is 1. The molecular weight excluding hydrogens is 360 g/mol. The number of ketones is 1. The molecule has 1 aliphatic carbocycles. The van der Waals surface area contributed by atoms with Crippen molar-refractivity contribution in [1.82, 2.24) is 4.57 Å². The van der Waals surface area contributed by atoms with Gasteiger partial charge in [0.15, 0.2) is 5.78 Å². The molecule has 0 saturated carbocycles. The molecule has 0 radical (unpaired) electrons. The Labute approximate surface area is 160 Å². The van der Waals surface area contributed by atoms with E-state index in [9.17, 15) is 20.2 Å². The molecule has 2 aromatic rings. The molecule has 0 unspecified atom stereocenters. The number of Topliss-reactive ketones (excluding diaryl/α,β-unsaturated/α-hetero) is 1. The van der Waals surface area contributed by atoms with Crippen molar-refractivity contribution >= 4 is 11.5 Å². The van der Waals surface area contributed by atoms with E-state index >= 15 is 0 Å². The molecule has 28 heavy (non-hydrogen) atoms. The number of ether oxygens (including phenoxy) is 1. The zero-order chi connectivity index (χ0) is 19.8. The number of hydrogen-bond donors (Lipinski definition) is 1. The predicted octanol–water partition coefficient (Wildman–Crippen LogP) is 3.20. The molecule has 0 amide bonds. The Balaban J connectivity index is 1.86. The molecule has 0 spiro atoms. The van der Waals surface area contributed by atoms with E-state index in [2.05, 4.69) is 6.07 Å². The molecule has 2 aliphatic rings. The first-order chi connectivity index (χ1) is 13.5. The van der Waals surface area contributed by atoms with Crippen molar-refractivity contribution in [3.05, 3.63) is 81.2 Å². The normalized spacial score (nSPS) is 19.1. The Bertz CT molecular complexity index is 1090. The quantitative estimate of drug-likeness (QED) is 0.648. The molecule has 140 valence electrons. The predicted molar refractivity (Wildman–Crippen MR) is 99.0 cm³/mol. The third-order valence-corrected chi connectivity index (χ3v) is 5.02. The van der Waals surface area contributed by atoms with Crippen LogP contribution in [-0.4, -0.2) is 15.3 Å². The molecule has 1 aromatic heterocycles. The van der Waals surface area contributed by atoms with Gasteiger partial charge in [0.1, 0.15) is 17.4 Å². The lowest BCUT2D eigenvalue weighted by atomic mass is 9.79. The summed E-state index contributed by atoms with van der Waals surface area (Å²) in [4.78, 5) is 23.1. The van der Waals surface area contributed by atoms with Crippen molar-refractivity contribution in [2.24, 2.45) is 5.73 Å². The van der Waals surface area contributed by atoms with Crippen molar-refractivity contribution in [3.63, 3.8) is 0 Å². The number of carbonyl (C=O) groups is 1. The van der Waals surface area contributed by atoms with Crippen LogP contribution in [0.15, 0.2) is 65.4 Å². The summed E-state index contributed by atoms with van der Waals surface area (Å²) in [7, 11) is 0. The number of benzene rings is 1. The lowest BCUT2D eigenvalue weighted by Gasteiger charge is -2.31. The number of nitrogens with zero attached hydrogens (tertiary/aromatic N) is 3. The van der Waals surface area contributed by atoms with Gasteiger partial charge in [-0.3, -0.25) is 14.9 Å². The van der Waals surface area contributed by atoms with Crippen LogP contribution in [0.1, 0.15) is 30.9 Å². The second-order valence-corrected chi connectivity index (χ2v) is 6.61. The number of nitro groups is 1. The molecule has 1 aliphatic heterocycles. The Morgan fingerprint density at radius 1 is 1.25 bits per heavy atom. The minimum Gasteiger partial charge on any atom is -0.444 e. The topological polar surface area (TPSA) is 124 Å². The summed E-state index contributed by atoms with van der Waals surface area (Å²) in [5, 5.41) is 20.6. The first-order valence-electron chi connectivity index (χ1n) is 8.77. The molecule has 8 nitrogen and oxygen atoms in total. The van der Waals surface area contributed by atoms with Crippen molar-refractivity contribution in [1.29, 1.82) is 5.26 Å². The van der Waals surface area contributed by atoms with Crippen molar-refractivity contribution < 1.29 is 14.5 Å². The summed E-state index contributed by atoms with van der Waals surface area (Å²) >= 11 is 0. The highest BCUT2D eigenvalue weighted by atomic mass is 16.6. The molecule has 2 N–H and O–H groups in total. The van der Waals surface area contributed by atoms with Crippen LogP contribution in [0, 0.1) is 21.4 Å². The van der Waals surface area contributed by atoms with Crippen LogP contribution < -0.4 is 5.73 Å². The molecule has 8 heteroatoms. The summed E-state index contributed by atoms with van der Waals surface area (Å²) in [5.74, 6) is -0.152. The molecular formula is C20H16N4O4. The third kappa shape index (κ3) is 2.74. The van der Waals surface area contributed by atoms with E-state index in [0.717, 1.165) is 0 Å². The standard InChI is InChI=1S/C20H16N4O4/c21-11-14-18(19-16(25)4-1-5-17(19)28-20(14)22)15-3-2-10-23(15)12-6-8-13(9-7-12)24(26)27/h2-3,6-10,18H,1,4-5,22H2/t18-/m0/s1. The van der Waals surface area contributed by atoms with Crippen LogP contribution >= 0.6 is 0 Å². The van der Waals surface area contributed by atoms with Gasteiger partial charge in [0.2, 0.25) is 5.88 Å². The Kier molecular flexibility index (Phi) is 4.20. The monoisotopic (exact) mass is 376 g/mol. The number of non-ortho nitro benzene ring substituents is 1. The highest BCUT2D eigenvalue weighted by Gasteiger charge is 2.39. The highest BCUT2D eigenvalue weighted by molar-refractivity contribution is 5.99. The van der Waals surface area contributed by atoms with E-state index in [1.54, 1.807) is 29.0 Å². The van der Waals surface area contributed by atoms with Crippen LogP contribution in [-0.2, 0) is 9.53 Å². The van der Waals surface area contributed by atoms with Crippen molar-refractivity contribution in [2.75, 3.05) is 0 Å². The summed E-state index contributed by atoms with van der Waals surface area (Å²) in [6.07, 6.45) is 3.46. The first-order valence-corrected chi connectivity index (χ1v) is 8.77. The van der Waals surface area contributed by atoms with Crippen LogP contribution in [0.25, 0.3) is 5.69 Å². The van der Waals surface area contributed by atoms with Gasteiger partial charge in [-0.1, -0.05) is 0 Å². The highest BCUT2D eigenvalue weighted by Crippen LogP contribution is 2.43. The Morgan fingerprint density at radius 3 is 2.68 bits per heavy atom. The van der Waals surface area contributed by atoms with Crippen LogP contribution in [0.5, 0.6) is 0 Å². The van der Waals surface area contributed by atoms with Crippen molar-refractivity contribution in [2.45, 2.75) is 25.2 Å². The summed E-state index contributed by atoms with van der Waals surface area (Å²) in [5.41, 5.74) is 7.99.